The van der Waals surface area contributed by atoms with Crippen molar-refractivity contribution in [3.05, 3.63) is 23.8 Å². The fourth-order valence-electron chi connectivity index (χ4n) is 5.31. The molecule has 3 rings (SSSR count). The van der Waals surface area contributed by atoms with E-state index in [0.717, 1.165) is 102 Å². The van der Waals surface area contributed by atoms with E-state index in [0.29, 0.717) is 24.9 Å². The lowest BCUT2D eigenvalue weighted by Crippen LogP contribution is -2.43. The third-order valence-corrected chi connectivity index (χ3v) is 7.61. The summed E-state index contributed by atoms with van der Waals surface area (Å²) in [6.45, 7) is 9.79. The van der Waals surface area contributed by atoms with E-state index in [4.69, 9.17) is 9.47 Å². The van der Waals surface area contributed by atoms with Gasteiger partial charge in [-0.25, -0.2) is 0 Å². The molecule has 2 atom stereocenters. The summed E-state index contributed by atoms with van der Waals surface area (Å²) < 4.78 is 11.1. The Bertz CT molecular complexity index is 810. The van der Waals surface area contributed by atoms with E-state index < -0.39 is 0 Å². The number of fused-ring (bicyclic) bond motifs is 1. The lowest BCUT2D eigenvalue weighted by Gasteiger charge is -2.29. The number of aldehydes is 1. The Labute approximate surface area is 218 Å². The highest BCUT2D eigenvalue weighted by molar-refractivity contribution is 5.78. The molecule has 0 radical (unpaired) electrons. The molecule has 2 heterocycles. The first kappa shape index (κ1) is 28.5. The van der Waals surface area contributed by atoms with Crippen molar-refractivity contribution in [1.29, 1.82) is 0 Å². The highest BCUT2D eigenvalue weighted by Gasteiger charge is 2.35. The number of carbonyl (C=O) groups is 2. The predicted molar refractivity (Wildman–Crippen MR) is 144 cm³/mol. The summed E-state index contributed by atoms with van der Waals surface area (Å²) in [6.07, 6.45) is 10.1. The van der Waals surface area contributed by atoms with E-state index in [2.05, 4.69) is 47.7 Å². The number of unbranched alkanes of at least 4 members (excludes halogenated alkanes) is 4. The van der Waals surface area contributed by atoms with E-state index in [1.54, 1.807) is 0 Å². The molecule has 2 aliphatic heterocycles. The van der Waals surface area contributed by atoms with Crippen LogP contribution in [0, 0.1) is 0 Å². The van der Waals surface area contributed by atoms with Gasteiger partial charge in [0.25, 0.3) is 0 Å². The minimum Gasteiger partial charge on any atom is -0.454 e. The standard InChI is InChI=1S/C29H47N3O4/c1-4-6-15-31(16-7-5-2)29(34)22-32-21-25(24-11-12-27-28(20-24)36-23-35-27)19-26(32)13-17-30(3)14-9-8-10-18-33/h11-12,18,20,25-26H,4-10,13-17,19,21-23H2,1-3H3/t25?,26-/m0/s1. The third-order valence-electron chi connectivity index (χ3n) is 7.61. The van der Waals surface area contributed by atoms with E-state index in [9.17, 15) is 9.59 Å². The van der Waals surface area contributed by atoms with Crippen LogP contribution >= 0.6 is 0 Å². The van der Waals surface area contributed by atoms with Crippen molar-refractivity contribution in [3.8, 4) is 11.5 Å². The molecule has 202 valence electrons. The van der Waals surface area contributed by atoms with E-state index in [-0.39, 0.29) is 12.7 Å². The molecule has 2 aliphatic rings. The molecular weight excluding hydrogens is 454 g/mol. The molecule has 0 spiro atoms. The minimum absolute atomic E-state index is 0.274. The smallest absolute Gasteiger partial charge is 0.236 e. The van der Waals surface area contributed by atoms with Crippen LogP contribution in [0.1, 0.15) is 83.1 Å². The Morgan fingerprint density at radius 2 is 1.78 bits per heavy atom. The molecule has 1 aromatic carbocycles. The lowest BCUT2D eigenvalue weighted by molar-refractivity contribution is -0.132. The zero-order valence-corrected chi connectivity index (χ0v) is 22.8. The van der Waals surface area contributed by atoms with Crippen LogP contribution < -0.4 is 9.47 Å². The highest BCUT2D eigenvalue weighted by atomic mass is 16.7. The molecule has 0 bridgehead atoms. The number of ether oxygens (including phenoxy) is 2. The molecule has 1 aromatic rings. The molecule has 36 heavy (non-hydrogen) atoms. The number of hydrogen-bond acceptors (Lipinski definition) is 6. The van der Waals surface area contributed by atoms with Crippen molar-refractivity contribution in [2.75, 3.05) is 53.1 Å². The highest BCUT2D eigenvalue weighted by Crippen LogP contribution is 2.39. The van der Waals surface area contributed by atoms with Crippen LogP contribution in [-0.2, 0) is 9.59 Å². The van der Waals surface area contributed by atoms with Gasteiger partial charge in [0.15, 0.2) is 11.5 Å². The van der Waals surface area contributed by atoms with Gasteiger partial charge in [0.05, 0.1) is 6.54 Å². The van der Waals surface area contributed by atoms with Gasteiger partial charge in [-0.05, 0) is 82.3 Å². The summed E-state index contributed by atoms with van der Waals surface area (Å²) in [6, 6.07) is 6.68. The SMILES string of the molecule is CCCCN(CCCC)C(=O)CN1CC(c2ccc3c(c2)OCO3)C[C@@H]1CCN(C)CCCCC=O. The summed E-state index contributed by atoms with van der Waals surface area (Å²) in [5.74, 6) is 2.31. The number of likely N-dealkylation sites (tertiary alicyclic amines) is 1. The van der Waals surface area contributed by atoms with Gasteiger partial charge >= 0.3 is 0 Å². The molecular formula is C29H47N3O4. The van der Waals surface area contributed by atoms with Gasteiger partial charge in [0, 0.05) is 32.1 Å². The maximum absolute atomic E-state index is 13.4. The predicted octanol–water partition coefficient (Wildman–Crippen LogP) is 4.69. The third kappa shape index (κ3) is 8.48. The van der Waals surface area contributed by atoms with Crippen molar-refractivity contribution < 1.29 is 19.1 Å². The minimum atomic E-state index is 0.274. The van der Waals surface area contributed by atoms with E-state index >= 15 is 0 Å². The second-order valence-electron chi connectivity index (χ2n) is 10.5. The van der Waals surface area contributed by atoms with Crippen LogP contribution in [0.15, 0.2) is 18.2 Å². The first-order valence-electron chi connectivity index (χ1n) is 14.1. The number of carbonyl (C=O) groups excluding carboxylic acids is 2. The normalized spacial score (nSPS) is 19.2. The molecule has 0 N–H and O–H groups in total. The summed E-state index contributed by atoms with van der Waals surface area (Å²) in [4.78, 5) is 30.9. The number of amides is 1. The largest absolute Gasteiger partial charge is 0.454 e. The monoisotopic (exact) mass is 501 g/mol. The van der Waals surface area contributed by atoms with Crippen LogP contribution in [0.5, 0.6) is 11.5 Å². The van der Waals surface area contributed by atoms with Crippen molar-refractivity contribution >= 4 is 12.2 Å². The molecule has 1 unspecified atom stereocenters. The Balaban J connectivity index is 1.64. The maximum Gasteiger partial charge on any atom is 0.236 e. The molecule has 1 saturated heterocycles. The number of hydrogen-bond donors (Lipinski definition) is 0. The Morgan fingerprint density at radius 3 is 2.50 bits per heavy atom. The summed E-state index contributed by atoms with van der Waals surface area (Å²) in [7, 11) is 2.16. The van der Waals surface area contributed by atoms with Crippen molar-refractivity contribution in [1.82, 2.24) is 14.7 Å². The summed E-state index contributed by atoms with van der Waals surface area (Å²) >= 11 is 0. The van der Waals surface area contributed by atoms with Crippen LogP contribution in [0.2, 0.25) is 0 Å². The van der Waals surface area contributed by atoms with E-state index in [1.165, 1.54) is 5.56 Å². The number of rotatable bonds is 17. The first-order valence-corrected chi connectivity index (χ1v) is 14.1. The van der Waals surface area contributed by atoms with Gasteiger partial charge in [-0.3, -0.25) is 9.69 Å². The maximum atomic E-state index is 13.4. The Hall–Kier alpha value is -2.12. The zero-order chi connectivity index (χ0) is 25.8. The fraction of sp³-hybridized carbons (Fsp3) is 0.724. The summed E-state index contributed by atoms with van der Waals surface area (Å²) in [5.41, 5.74) is 1.27. The number of benzene rings is 1. The lowest BCUT2D eigenvalue weighted by atomic mass is 9.95. The molecule has 7 heteroatoms. The van der Waals surface area contributed by atoms with Crippen molar-refractivity contribution in [2.45, 2.75) is 83.6 Å². The molecule has 0 aromatic heterocycles. The van der Waals surface area contributed by atoms with Crippen molar-refractivity contribution in [2.24, 2.45) is 0 Å². The van der Waals surface area contributed by atoms with Crippen LogP contribution in [0.3, 0.4) is 0 Å². The second kappa shape index (κ2) is 15.2. The average molecular weight is 502 g/mol. The topological polar surface area (TPSA) is 62.3 Å². The molecule has 1 fully saturated rings. The van der Waals surface area contributed by atoms with Gasteiger partial charge in [-0.15, -0.1) is 0 Å². The Morgan fingerprint density at radius 1 is 1.03 bits per heavy atom. The van der Waals surface area contributed by atoms with Crippen molar-refractivity contribution in [3.63, 3.8) is 0 Å². The molecule has 7 nitrogen and oxygen atoms in total. The van der Waals surface area contributed by atoms with Gasteiger partial charge < -0.3 is 24.1 Å². The van der Waals surface area contributed by atoms with Gasteiger partial charge in [-0.2, -0.15) is 0 Å². The van der Waals surface area contributed by atoms with Gasteiger partial charge in [-0.1, -0.05) is 32.8 Å². The number of nitrogens with zero attached hydrogens (tertiary/aromatic N) is 3. The first-order chi connectivity index (χ1) is 17.5. The van der Waals surface area contributed by atoms with E-state index in [1.807, 2.05) is 6.07 Å². The quantitative estimate of drug-likeness (QED) is 0.228. The molecule has 1 amide bonds. The average Bonchev–Trinajstić information content (AvgIpc) is 3.51. The van der Waals surface area contributed by atoms with Crippen LogP contribution in [0.4, 0.5) is 0 Å². The summed E-state index contributed by atoms with van der Waals surface area (Å²) in [5, 5.41) is 0. The molecule has 0 saturated carbocycles. The Kier molecular flexibility index (Phi) is 12.0. The zero-order valence-electron chi connectivity index (χ0n) is 22.8. The van der Waals surface area contributed by atoms with Crippen LogP contribution in [0.25, 0.3) is 0 Å². The van der Waals surface area contributed by atoms with Gasteiger partial charge in [0.1, 0.15) is 6.29 Å². The molecule has 0 aliphatic carbocycles. The van der Waals surface area contributed by atoms with Gasteiger partial charge in [0.2, 0.25) is 12.7 Å². The second-order valence-corrected chi connectivity index (χ2v) is 10.5. The van der Waals surface area contributed by atoms with Crippen LogP contribution in [-0.4, -0.2) is 86.0 Å². The fourth-order valence-corrected chi connectivity index (χ4v) is 5.31.